The number of nitrogens with two attached hydrogens (primary N) is 1. The fraction of sp³-hybridized carbons (Fsp3) is 0.400. The molecule has 0 radical (unpaired) electrons. The number of aliphatic imine (C=N–C) groups is 1. The standard InChI is InChI=1S/C20H27N5O2.HI/c1-2-25-11-3-5-17(25)14-23-20(21)22-13-15-7-9-16(10-8-15)24-19(26)18-6-4-12-27-18;/h4,6-10,12,17H,2-3,5,11,13-14H2,1H3,(H,24,26)(H3,21,22,23);1H. The first-order valence-electron chi connectivity index (χ1n) is 9.37. The van der Waals surface area contributed by atoms with E-state index in [0.29, 0.717) is 24.2 Å². The van der Waals surface area contributed by atoms with Crippen LogP contribution in [0.2, 0.25) is 0 Å². The molecule has 0 spiro atoms. The number of likely N-dealkylation sites (tertiary alicyclic amines) is 1. The molecular weight excluding hydrogens is 469 g/mol. The van der Waals surface area contributed by atoms with E-state index in [1.165, 1.54) is 25.6 Å². The zero-order valence-corrected chi connectivity index (χ0v) is 18.4. The van der Waals surface area contributed by atoms with Crippen LogP contribution >= 0.6 is 24.0 Å². The summed E-state index contributed by atoms with van der Waals surface area (Å²) in [6, 6.07) is 11.4. The molecule has 1 atom stereocenters. The molecule has 1 amide bonds. The van der Waals surface area contributed by atoms with Crippen molar-refractivity contribution in [3.05, 3.63) is 54.0 Å². The number of nitrogens with one attached hydrogen (secondary N) is 2. The molecule has 0 bridgehead atoms. The molecule has 152 valence electrons. The van der Waals surface area contributed by atoms with Gasteiger partial charge in [0.1, 0.15) is 0 Å². The van der Waals surface area contributed by atoms with Gasteiger partial charge in [0.2, 0.25) is 0 Å². The number of carbonyl (C=O) groups is 1. The van der Waals surface area contributed by atoms with Crippen molar-refractivity contribution in [2.24, 2.45) is 10.7 Å². The van der Waals surface area contributed by atoms with E-state index < -0.39 is 0 Å². The molecule has 0 saturated carbocycles. The predicted molar refractivity (Wildman–Crippen MR) is 122 cm³/mol. The number of halogens is 1. The van der Waals surface area contributed by atoms with Crippen molar-refractivity contribution < 1.29 is 9.21 Å². The van der Waals surface area contributed by atoms with E-state index in [4.69, 9.17) is 10.2 Å². The number of hydrogen-bond acceptors (Lipinski definition) is 4. The molecule has 1 aliphatic heterocycles. The lowest BCUT2D eigenvalue weighted by atomic mass is 10.2. The molecule has 1 aliphatic rings. The van der Waals surface area contributed by atoms with Crippen molar-refractivity contribution >= 4 is 41.5 Å². The van der Waals surface area contributed by atoms with E-state index in [2.05, 4.69) is 27.4 Å². The van der Waals surface area contributed by atoms with Gasteiger partial charge in [0, 0.05) is 18.3 Å². The topological polar surface area (TPSA) is 95.9 Å². The Morgan fingerprint density at radius 2 is 2.11 bits per heavy atom. The highest BCUT2D eigenvalue weighted by molar-refractivity contribution is 14.0. The Bertz CT molecular complexity index is 761. The second kappa shape index (κ2) is 11.1. The zero-order chi connectivity index (χ0) is 19.1. The van der Waals surface area contributed by atoms with Crippen LogP contribution in [0, 0.1) is 0 Å². The number of furan rings is 1. The van der Waals surface area contributed by atoms with Gasteiger partial charge < -0.3 is 20.8 Å². The van der Waals surface area contributed by atoms with Crippen molar-refractivity contribution in [3.63, 3.8) is 0 Å². The molecule has 1 unspecified atom stereocenters. The van der Waals surface area contributed by atoms with E-state index in [1.807, 2.05) is 24.3 Å². The normalized spacial score (nSPS) is 17.2. The maximum Gasteiger partial charge on any atom is 0.291 e. The van der Waals surface area contributed by atoms with E-state index in [9.17, 15) is 4.79 Å². The van der Waals surface area contributed by atoms with Crippen LogP contribution in [-0.2, 0) is 6.54 Å². The molecule has 1 fully saturated rings. The molecule has 7 nitrogen and oxygen atoms in total. The summed E-state index contributed by atoms with van der Waals surface area (Å²) in [5.74, 6) is 0.479. The molecule has 8 heteroatoms. The van der Waals surface area contributed by atoms with E-state index >= 15 is 0 Å². The Morgan fingerprint density at radius 3 is 2.79 bits per heavy atom. The van der Waals surface area contributed by atoms with Crippen LogP contribution in [0.15, 0.2) is 52.1 Å². The quantitative estimate of drug-likeness (QED) is 0.311. The van der Waals surface area contributed by atoms with Gasteiger partial charge in [0.25, 0.3) is 5.91 Å². The van der Waals surface area contributed by atoms with Gasteiger partial charge in [-0.25, -0.2) is 4.99 Å². The molecule has 1 aromatic carbocycles. The lowest BCUT2D eigenvalue weighted by Gasteiger charge is -2.23. The Labute approximate surface area is 182 Å². The Balaban J connectivity index is 0.00000280. The maximum atomic E-state index is 11.9. The van der Waals surface area contributed by atoms with Gasteiger partial charge in [-0.1, -0.05) is 19.1 Å². The van der Waals surface area contributed by atoms with Crippen LogP contribution in [0.5, 0.6) is 0 Å². The molecule has 1 aromatic heterocycles. The largest absolute Gasteiger partial charge is 0.459 e. The molecule has 2 heterocycles. The summed E-state index contributed by atoms with van der Waals surface area (Å²) in [6.45, 7) is 5.76. The molecule has 3 rings (SSSR count). The fourth-order valence-electron chi connectivity index (χ4n) is 3.29. The molecular formula is C20H28IN5O2. The zero-order valence-electron chi connectivity index (χ0n) is 16.1. The Kier molecular flexibility index (Phi) is 8.78. The van der Waals surface area contributed by atoms with Crippen LogP contribution in [0.1, 0.15) is 35.9 Å². The third kappa shape index (κ3) is 6.23. The monoisotopic (exact) mass is 497 g/mol. The first kappa shape index (κ1) is 22.2. The summed E-state index contributed by atoms with van der Waals surface area (Å²) in [6.07, 6.45) is 3.93. The second-order valence-corrected chi connectivity index (χ2v) is 6.64. The molecule has 2 aromatic rings. The van der Waals surface area contributed by atoms with Crippen molar-refractivity contribution in [2.75, 3.05) is 25.0 Å². The third-order valence-corrected chi connectivity index (χ3v) is 4.81. The molecule has 28 heavy (non-hydrogen) atoms. The van der Waals surface area contributed by atoms with E-state index in [-0.39, 0.29) is 35.6 Å². The Hall–Kier alpha value is -2.07. The molecule has 1 saturated heterocycles. The van der Waals surface area contributed by atoms with Crippen molar-refractivity contribution in [2.45, 2.75) is 32.4 Å². The maximum absolute atomic E-state index is 11.9. The summed E-state index contributed by atoms with van der Waals surface area (Å²) in [7, 11) is 0. The number of guanidine groups is 1. The third-order valence-electron chi connectivity index (χ3n) is 4.81. The van der Waals surface area contributed by atoms with Crippen molar-refractivity contribution in [1.82, 2.24) is 10.2 Å². The van der Waals surface area contributed by atoms with Crippen LogP contribution in [-0.4, -0.2) is 42.4 Å². The minimum Gasteiger partial charge on any atom is -0.459 e. The molecule has 0 aliphatic carbocycles. The lowest BCUT2D eigenvalue weighted by molar-refractivity contribution is 0.0996. The number of rotatable bonds is 7. The van der Waals surface area contributed by atoms with Crippen molar-refractivity contribution in [1.29, 1.82) is 0 Å². The lowest BCUT2D eigenvalue weighted by Crippen LogP contribution is -2.42. The van der Waals surface area contributed by atoms with E-state index in [1.54, 1.807) is 12.1 Å². The second-order valence-electron chi connectivity index (χ2n) is 6.64. The number of anilines is 1. The summed E-state index contributed by atoms with van der Waals surface area (Å²) in [5.41, 5.74) is 7.71. The minimum absolute atomic E-state index is 0. The summed E-state index contributed by atoms with van der Waals surface area (Å²) >= 11 is 0. The highest BCUT2D eigenvalue weighted by Gasteiger charge is 2.22. The minimum atomic E-state index is -0.271. The summed E-state index contributed by atoms with van der Waals surface area (Å²) in [5, 5.41) is 6.02. The van der Waals surface area contributed by atoms with Gasteiger partial charge in [-0.3, -0.25) is 9.69 Å². The van der Waals surface area contributed by atoms with Gasteiger partial charge in [0.15, 0.2) is 11.7 Å². The number of likely N-dealkylation sites (N-methyl/N-ethyl adjacent to an activating group) is 1. The van der Waals surface area contributed by atoms with E-state index in [0.717, 1.165) is 18.7 Å². The van der Waals surface area contributed by atoms with Crippen molar-refractivity contribution in [3.8, 4) is 0 Å². The first-order chi connectivity index (χ1) is 13.2. The van der Waals surface area contributed by atoms with Crippen LogP contribution < -0.4 is 16.4 Å². The number of carbonyl (C=O) groups excluding carboxylic acids is 1. The van der Waals surface area contributed by atoms with Gasteiger partial charge in [0.05, 0.1) is 12.8 Å². The number of nitrogens with zero attached hydrogens (tertiary/aromatic N) is 2. The van der Waals surface area contributed by atoms with Crippen LogP contribution in [0.3, 0.4) is 0 Å². The van der Waals surface area contributed by atoms with Crippen LogP contribution in [0.4, 0.5) is 5.69 Å². The Morgan fingerprint density at radius 1 is 1.32 bits per heavy atom. The number of benzene rings is 1. The van der Waals surface area contributed by atoms with Crippen LogP contribution in [0.25, 0.3) is 0 Å². The van der Waals surface area contributed by atoms with Gasteiger partial charge >= 0.3 is 0 Å². The number of amides is 1. The first-order valence-corrected chi connectivity index (χ1v) is 9.37. The number of hydrogen-bond donors (Lipinski definition) is 3. The smallest absolute Gasteiger partial charge is 0.291 e. The summed E-state index contributed by atoms with van der Waals surface area (Å²) < 4.78 is 5.08. The van der Waals surface area contributed by atoms with Gasteiger partial charge in [-0.15, -0.1) is 24.0 Å². The SMILES string of the molecule is CCN1CCCC1CNC(N)=NCc1ccc(NC(=O)c2ccco2)cc1.I. The summed E-state index contributed by atoms with van der Waals surface area (Å²) in [4.78, 5) is 18.8. The highest BCUT2D eigenvalue weighted by Crippen LogP contribution is 2.15. The predicted octanol–water partition coefficient (Wildman–Crippen LogP) is 3.04. The fourth-order valence-corrected chi connectivity index (χ4v) is 3.29. The average Bonchev–Trinajstić information content (AvgIpc) is 3.37. The average molecular weight is 497 g/mol. The molecule has 4 N–H and O–H groups in total. The van der Waals surface area contributed by atoms with Gasteiger partial charge in [-0.05, 0) is 55.8 Å². The van der Waals surface area contributed by atoms with Gasteiger partial charge in [-0.2, -0.15) is 0 Å². The highest BCUT2D eigenvalue weighted by atomic mass is 127.